The van der Waals surface area contributed by atoms with Gasteiger partial charge < -0.3 is 25.6 Å². The minimum atomic E-state index is -1.55. The summed E-state index contributed by atoms with van der Waals surface area (Å²) in [5, 5.41) is 15.7. The summed E-state index contributed by atoms with van der Waals surface area (Å²) >= 11 is 0. The van der Waals surface area contributed by atoms with E-state index in [0.29, 0.717) is 39.4 Å². The highest BCUT2D eigenvalue weighted by Crippen LogP contribution is 2.47. The summed E-state index contributed by atoms with van der Waals surface area (Å²) in [6, 6.07) is 14.2. The Kier molecular flexibility index (Phi) is 7.85. The van der Waals surface area contributed by atoms with Crippen LogP contribution in [0.1, 0.15) is 41.4 Å². The lowest BCUT2D eigenvalue weighted by atomic mass is 9.90. The van der Waals surface area contributed by atoms with Gasteiger partial charge in [-0.25, -0.2) is 9.37 Å². The van der Waals surface area contributed by atoms with E-state index in [-0.39, 0.29) is 31.2 Å². The first-order chi connectivity index (χ1) is 19.7. The third-order valence-corrected chi connectivity index (χ3v) is 7.19. The number of amides is 2. The summed E-state index contributed by atoms with van der Waals surface area (Å²) in [5.74, 6) is -0.796. The van der Waals surface area contributed by atoms with Crippen molar-refractivity contribution in [2.24, 2.45) is 11.7 Å². The van der Waals surface area contributed by atoms with Crippen LogP contribution in [0.25, 0.3) is 22.2 Å². The number of carbonyl (C=O) groups is 2. The van der Waals surface area contributed by atoms with Gasteiger partial charge in [-0.3, -0.25) is 14.6 Å². The average molecular weight is 559 g/mol. The zero-order chi connectivity index (χ0) is 29.1. The van der Waals surface area contributed by atoms with E-state index in [1.807, 2.05) is 6.07 Å². The number of nitrogens with zero attached hydrogens (tertiary/aromatic N) is 2. The number of hydrogen-bond donors (Lipinski definition) is 3. The lowest BCUT2D eigenvalue weighted by molar-refractivity contribution is -0.117. The molecule has 0 spiro atoms. The van der Waals surface area contributed by atoms with Gasteiger partial charge in [0.05, 0.1) is 32.4 Å². The zero-order valence-electron chi connectivity index (χ0n) is 22.8. The molecule has 10 heteroatoms. The summed E-state index contributed by atoms with van der Waals surface area (Å²) in [4.78, 5) is 34.4. The largest absolute Gasteiger partial charge is 0.494 e. The van der Waals surface area contributed by atoms with Gasteiger partial charge in [-0.1, -0.05) is 6.07 Å². The van der Waals surface area contributed by atoms with Crippen molar-refractivity contribution >= 4 is 22.7 Å². The molecular formula is C31H31FN4O5. The maximum atomic E-state index is 13.7. The molecule has 0 aliphatic heterocycles. The Bertz CT molecular complexity index is 1610. The Labute approximate surface area is 236 Å². The number of primary amides is 1. The van der Waals surface area contributed by atoms with Crippen LogP contribution in [0, 0.1) is 11.7 Å². The minimum absolute atomic E-state index is 0.135. The highest BCUT2D eigenvalue weighted by molar-refractivity contribution is 5.99. The van der Waals surface area contributed by atoms with Crippen molar-refractivity contribution in [1.29, 1.82) is 0 Å². The number of hydrogen-bond acceptors (Lipinski definition) is 7. The first-order valence-corrected chi connectivity index (χ1v) is 13.4. The van der Waals surface area contributed by atoms with Crippen molar-refractivity contribution in [3.05, 3.63) is 83.4 Å². The maximum absolute atomic E-state index is 13.7. The molecule has 2 aromatic carbocycles. The number of pyridine rings is 2. The molecule has 1 atom stereocenters. The monoisotopic (exact) mass is 558 g/mol. The van der Waals surface area contributed by atoms with E-state index < -0.39 is 23.2 Å². The fourth-order valence-corrected chi connectivity index (χ4v) is 5.00. The Morgan fingerprint density at radius 3 is 2.59 bits per heavy atom. The Hall–Kier alpha value is -4.57. The maximum Gasteiger partial charge on any atom is 0.251 e. The first-order valence-electron chi connectivity index (χ1n) is 13.4. The second-order valence-electron chi connectivity index (χ2n) is 10.1. The molecule has 0 unspecified atom stereocenters. The quantitative estimate of drug-likeness (QED) is 0.254. The van der Waals surface area contributed by atoms with Crippen LogP contribution in [0.3, 0.4) is 0 Å². The van der Waals surface area contributed by atoms with Crippen LogP contribution >= 0.6 is 0 Å². The molecular weight excluding hydrogens is 527 g/mol. The molecule has 2 amide bonds. The van der Waals surface area contributed by atoms with Crippen LogP contribution in [0.15, 0.2) is 60.8 Å². The summed E-state index contributed by atoms with van der Waals surface area (Å²) in [6.45, 7) is 1.95. The number of nitrogens with one attached hydrogen (secondary N) is 1. The molecule has 1 fully saturated rings. The number of methoxy groups -OCH3 is 1. The van der Waals surface area contributed by atoms with Gasteiger partial charge in [0.25, 0.3) is 5.91 Å². The minimum Gasteiger partial charge on any atom is -0.494 e. The number of ether oxygens (including phenoxy) is 2. The summed E-state index contributed by atoms with van der Waals surface area (Å²) in [5.41, 5.74) is 6.58. The molecule has 1 aliphatic carbocycles. The van der Waals surface area contributed by atoms with E-state index in [0.717, 1.165) is 18.2 Å². The molecule has 9 nitrogen and oxygen atoms in total. The molecule has 0 radical (unpaired) electrons. The van der Waals surface area contributed by atoms with Crippen LogP contribution in [-0.2, 0) is 16.8 Å². The standard InChI is InChI=1S/C31H31FN4O5/c1-3-41-29-20(16-26(33)37)15-25(36-28(29)18-6-10-23(32)11-7-18)31(39,22-8-9-22)17-35-30(38)21-13-19-5-4-12-34-27(19)24(14-21)40-2/h4-7,10-15,22,39H,3,8-9,16-17H2,1-2H3,(H2,33,37)(H,35,38)/t31-/m1/s1. The molecule has 41 heavy (non-hydrogen) atoms. The van der Waals surface area contributed by atoms with Gasteiger partial charge in [0, 0.05) is 28.3 Å². The van der Waals surface area contributed by atoms with E-state index in [9.17, 15) is 19.1 Å². The first kappa shape index (κ1) is 28.0. The van der Waals surface area contributed by atoms with Crippen LogP contribution in [0.2, 0.25) is 0 Å². The molecule has 0 bridgehead atoms. The Balaban J connectivity index is 1.53. The van der Waals surface area contributed by atoms with Crippen LogP contribution in [-0.4, -0.2) is 47.2 Å². The number of rotatable bonds is 11. The van der Waals surface area contributed by atoms with E-state index in [4.69, 9.17) is 20.2 Å². The van der Waals surface area contributed by atoms with Gasteiger partial charge in [-0.15, -0.1) is 0 Å². The fourth-order valence-electron chi connectivity index (χ4n) is 5.00. The molecule has 4 N–H and O–H groups in total. The summed E-state index contributed by atoms with van der Waals surface area (Å²) < 4.78 is 25.1. The van der Waals surface area contributed by atoms with Crippen molar-refractivity contribution in [2.45, 2.75) is 31.8 Å². The van der Waals surface area contributed by atoms with Crippen LogP contribution in [0.5, 0.6) is 11.5 Å². The summed E-state index contributed by atoms with van der Waals surface area (Å²) in [7, 11) is 1.51. The number of aliphatic hydroxyl groups is 1. The van der Waals surface area contributed by atoms with E-state index >= 15 is 0 Å². The topological polar surface area (TPSA) is 137 Å². The molecule has 1 aliphatic rings. The molecule has 2 aromatic heterocycles. The van der Waals surface area contributed by atoms with Gasteiger partial charge in [0.1, 0.15) is 34.1 Å². The van der Waals surface area contributed by atoms with Gasteiger partial charge in [-0.2, -0.15) is 0 Å². The number of fused-ring (bicyclic) bond motifs is 1. The Morgan fingerprint density at radius 1 is 1.17 bits per heavy atom. The van der Waals surface area contributed by atoms with E-state index in [2.05, 4.69) is 10.3 Å². The van der Waals surface area contributed by atoms with Crippen molar-refractivity contribution < 1.29 is 28.6 Å². The number of halogens is 1. The molecule has 5 rings (SSSR count). The van der Waals surface area contributed by atoms with Crippen LogP contribution < -0.4 is 20.5 Å². The molecule has 4 aromatic rings. The lowest BCUT2D eigenvalue weighted by Gasteiger charge is -2.30. The SMILES string of the molecule is CCOc1c(CC(N)=O)cc([C@@](O)(CNC(=O)c2cc(OC)c3ncccc3c2)C2CC2)nc1-c1ccc(F)cc1. The highest BCUT2D eigenvalue weighted by Gasteiger charge is 2.47. The van der Waals surface area contributed by atoms with E-state index in [1.54, 1.807) is 49.5 Å². The van der Waals surface area contributed by atoms with Gasteiger partial charge >= 0.3 is 0 Å². The van der Waals surface area contributed by atoms with E-state index in [1.165, 1.54) is 19.2 Å². The zero-order valence-corrected chi connectivity index (χ0v) is 22.8. The molecule has 0 saturated heterocycles. The van der Waals surface area contributed by atoms with Gasteiger partial charge in [-0.05, 0) is 74.2 Å². The predicted molar refractivity (Wildman–Crippen MR) is 151 cm³/mol. The number of aromatic nitrogens is 2. The van der Waals surface area contributed by atoms with Crippen molar-refractivity contribution in [3.63, 3.8) is 0 Å². The fraction of sp³-hybridized carbons (Fsp3) is 0.290. The third kappa shape index (κ3) is 5.83. The smallest absolute Gasteiger partial charge is 0.251 e. The second-order valence-corrected chi connectivity index (χ2v) is 10.1. The van der Waals surface area contributed by atoms with Gasteiger partial charge in [0.15, 0.2) is 0 Å². The normalized spacial score (nSPS) is 14.3. The van der Waals surface area contributed by atoms with Crippen molar-refractivity contribution in [3.8, 4) is 22.8 Å². The molecule has 212 valence electrons. The molecule has 2 heterocycles. The van der Waals surface area contributed by atoms with Gasteiger partial charge in [0.2, 0.25) is 5.91 Å². The second kappa shape index (κ2) is 11.5. The average Bonchev–Trinajstić information content (AvgIpc) is 3.82. The lowest BCUT2D eigenvalue weighted by Crippen LogP contribution is -2.43. The number of carbonyl (C=O) groups excluding carboxylic acids is 2. The Morgan fingerprint density at radius 2 is 1.93 bits per heavy atom. The molecule has 1 saturated carbocycles. The third-order valence-electron chi connectivity index (χ3n) is 7.19. The van der Waals surface area contributed by atoms with Crippen molar-refractivity contribution in [1.82, 2.24) is 15.3 Å². The van der Waals surface area contributed by atoms with Crippen molar-refractivity contribution in [2.75, 3.05) is 20.3 Å². The number of nitrogens with two attached hydrogens (primary N) is 1. The number of benzene rings is 2. The summed E-state index contributed by atoms with van der Waals surface area (Å²) in [6.07, 6.45) is 2.95. The predicted octanol–water partition coefficient (Wildman–Crippen LogP) is 3.90. The highest BCUT2D eigenvalue weighted by atomic mass is 19.1. The van der Waals surface area contributed by atoms with Crippen LogP contribution in [0.4, 0.5) is 4.39 Å².